The number of carbonyl (C=O) groups excluding carboxylic acids is 1. The quantitative estimate of drug-likeness (QED) is 0.843. The van der Waals surface area contributed by atoms with E-state index < -0.39 is 0 Å². The molecule has 0 atom stereocenters. The molecule has 2 rings (SSSR count). The highest BCUT2D eigenvalue weighted by Gasteiger charge is 2.12. The van der Waals surface area contributed by atoms with E-state index >= 15 is 0 Å². The van der Waals surface area contributed by atoms with E-state index in [1.165, 1.54) is 6.20 Å². The SMILES string of the molecule is CCN(CC)Cc1ccccc1NC(=O)c1cn[nH]n1. The smallest absolute Gasteiger partial charge is 0.277 e. The molecule has 20 heavy (non-hydrogen) atoms. The Kier molecular flexibility index (Phi) is 4.84. The maximum atomic E-state index is 12.0. The highest BCUT2D eigenvalue weighted by atomic mass is 16.2. The number of benzene rings is 1. The van der Waals surface area contributed by atoms with E-state index in [0.717, 1.165) is 30.9 Å². The van der Waals surface area contributed by atoms with E-state index in [-0.39, 0.29) is 11.6 Å². The summed E-state index contributed by atoms with van der Waals surface area (Å²) in [4.78, 5) is 14.3. The number of anilines is 1. The fourth-order valence-electron chi connectivity index (χ4n) is 1.97. The molecule has 2 N–H and O–H groups in total. The molecule has 1 amide bonds. The van der Waals surface area contributed by atoms with Gasteiger partial charge in [0.1, 0.15) is 0 Å². The number of rotatable bonds is 6. The van der Waals surface area contributed by atoms with Crippen molar-refractivity contribution in [2.45, 2.75) is 20.4 Å². The van der Waals surface area contributed by atoms with Crippen LogP contribution in [0.15, 0.2) is 30.5 Å². The van der Waals surface area contributed by atoms with Gasteiger partial charge in [-0.05, 0) is 24.7 Å². The van der Waals surface area contributed by atoms with Gasteiger partial charge in [0, 0.05) is 12.2 Å². The van der Waals surface area contributed by atoms with Crippen LogP contribution in [-0.4, -0.2) is 39.3 Å². The topological polar surface area (TPSA) is 73.9 Å². The standard InChI is InChI=1S/C14H19N5O/c1-3-19(4-2)10-11-7-5-6-8-12(11)16-14(20)13-9-15-18-17-13/h5-9H,3-4,10H2,1-2H3,(H,16,20)(H,15,17,18). The van der Waals surface area contributed by atoms with Crippen LogP contribution in [0.4, 0.5) is 5.69 Å². The van der Waals surface area contributed by atoms with Crippen molar-refractivity contribution in [3.05, 3.63) is 41.7 Å². The van der Waals surface area contributed by atoms with Crippen molar-refractivity contribution in [2.24, 2.45) is 0 Å². The summed E-state index contributed by atoms with van der Waals surface area (Å²) in [5, 5.41) is 12.7. The lowest BCUT2D eigenvalue weighted by Gasteiger charge is -2.20. The first kappa shape index (κ1) is 14.2. The first-order valence-corrected chi connectivity index (χ1v) is 6.72. The van der Waals surface area contributed by atoms with Crippen molar-refractivity contribution >= 4 is 11.6 Å². The van der Waals surface area contributed by atoms with Gasteiger partial charge in [-0.1, -0.05) is 32.0 Å². The minimum atomic E-state index is -0.259. The zero-order valence-corrected chi connectivity index (χ0v) is 11.8. The Labute approximate surface area is 118 Å². The number of nitrogens with one attached hydrogen (secondary N) is 2. The number of hydrogen-bond donors (Lipinski definition) is 2. The molecule has 0 saturated carbocycles. The third-order valence-corrected chi connectivity index (χ3v) is 3.20. The van der Waals surface area contributed by atoms with E-state index in [9.17, 15) is 4.79 Å². The molecule has 106 valence electrons. The van der Waals surface area contributed by atoms with Crippen LogP contribution in [0.3, 0.4) is 0 Å². The third-order valence-electron chi connectivity index (χ3n) is 3.20. The number of aromatic amines is 1. The predicted molar refractivity (Wildman–Crippen MR) is 77.4 cm³/mol. The number of hydrogen-bond acceptors (Lipinski definition) is 4. The normalized spacial score (nSPS) is 10.8. The molecule has 0 aliphatic carbocycles. The lowest BCUT2D eigenvalue weighted by Crippen LogP contribution is -2.23. The van der Waals surface area contributed by atoms with Gasteiger partial charge >= 0.3 is 0 Å². The molecule has 1 aromatic carbocycles. The number of H-pyrrole nitrogens is 1. The van der Waals surface area contributed by atoms with Gasteiger partial charge in [0.25, 0.3) is 5.91 Å². The van der Waals surface area contributed by atoms with E-state index in [2.05, 4.69) is 39.5 Å². The lowest BCUT2D eigenvalue weighted by atomic mass is 10.1. The second kappa shape index (κ2) is 6.81. The fraction of sp³-hybridized carbons (Fsp3) is 0.357. The number of nitrogens with zero attached hydrogens (tertiary/aromatic N) is 3. The second-order valence-electron chi connectivity index (χ2n) is 4.43. The highest BCUT2D eigenvalue weighted by Crippen LogP contribution is 2.17. The molecule has 0 fully saturated rings. The van der Waals surface area contributed by atoms with Gasteiger partial charge in [0.2, 0.25) is 0 Å². The van der Waals surface area contributed by atoms with Gasteiger partial charge in [0.15, 0.2) is 5.69 Å². The predicted octanol–water partition coefficient (Wildman–Crippen LogP) is 1.90. The second-order valence-corrected chi connectivity index (χ2v) is 4.43. The first-order valence-electron chi connectivity index (χ1n) is 6.72. The van der Waals surface area contributed by atoms with Crippen molar-refractivity contribution in [1.82, 2.24) is 20.3 Å². The van der Waals surface area contributed by atoms with Crippen LogP contribution in [0.25, 0.3) is 0 Å². The van der Waals surface area contributed by atoms with Crippen molar-refractivity contribution in [2.75, 3.05) is 18.4 Å². The summed E-state index contributed by atoms with van der Waals surface area (Å²) in [6.45, 7) is 7.01. The van der Waals surface area contributed by atoms with E-state index in [0.29, 0.717) is 0 Å². The van der Waals surface area contributed by atoms with Gasteiger partial charge in [0.05, 0.1) is 6.20 Å². The molecule has 0 saturated heterocycles. The van der Waals surface area contributed by atoms with E-state index in [4.69, 9.17) is 0 Å². The molecule has 6 nitrogen and oxygen atoms in total. The summed E-state index contributed by atoms with van der Waals surface area (Å²) in [5.74, 6) is -0.259. The molecule has 0 radical (unpaired) electrons. The van der Waals surface area contributed by atoms with Crippen molar-refractivity contribution in [1.29, 1.82) is 0 Å². The Balaban J connectivity index is 2.13. The summed E-state index contributed by atoms with van der Waals surface area (Å²) < 4.78 is 0. The van der Waals surface area contributed by atoms with Gasteiger partial charge < -0.3 is 5.32 Å². The number of para-hydroxylation sites is 1. The zero-order chi connectivity index (χ0) is 14.4. The maximum absolute atomic E-state index is 12.0. The summed E-state index contributed by atoms with van der Waals surface area (Å²) in [5.41, 5.74) is 2.18. The number of aromatic nitrogens is 3. The molecule has 0 spiro atoms. The molecule has 0 unspecified atom stereocenters. The van der Waals surface area contributed by atoms with Gasteiger partial charge in [-0.15, -0.1) is 0 Å². The minimum Gasteiger partial charge on any atom is -0.320 e. The van der Waals surface area contributed by atoms with Crippen LogP contribution in [0.1, 0.15) is 29.9 Å². The van der Waals surface area contributed by atoms with Gasteiger partial charge in [-0.3, -0.25) is 9.69 Å². The molecule has 1 aromatic heterocycles. The summed E-state index contributed by atoms with van der Waals surface area (Å²) in [6, 6.07) is 7.81. The van der Waals surface area contributed by atoms with Crippen molar-refractivity contribution in [3.8, 4) is 0 Å². The molecular weight excluding hydrogens is 254 g/mol. The molecule has 2 aromatic rings. The summed E-state index contributed by atoms with van der Waals surface area (Å²) in [7, 11) is 0. The Morgan fingerprint density at radius 1 is 1.30 bits per heavy atom. The largest absolute Gasteiger partial charge is 0.320 e. The average Bonchev–Trinajstić information content (AvgIpc) is 3.00. The van der Waals surface area contributed by atoms with E-state index in [1.54, 1.807) is 0 Å². The van der Waals surface area contributed by atoms with Crippen LogP contribution in [0.2, 0.25) is 0 Å². The summed E-state index contributed by atoms with van der Waals surface area (Å²) in [6.07, 6.45) is 1.41. The molecular formula is C14H19N5O. The molecule has 6 heteroatoms. The average molecular weight is 273 g/mol. The van der Waals surface area contributed by atoms with Crippen LogP contribution < -0.4 is 5.32 Å². The minimum absolute atomic E-state index is 0.259. The van der Waals surface area contributed by atoms with Crippen LogP contribution in [0, 0.1) is 0 Å². The molecule has 0 bridgehead atoms. The Morgan fingerprint density at radius 2 is 2.05 bits per heavy atom. The van der Waals surface area contributed by atoms with Gasteiger partial charge in [-0.25, -0.2) is 0 Å². The number of carbonyl (C=O) groups is 1. The molecule has 0 aliphatic heterocycles. The highest BCUT2D eigenvalue weighted by molar-refractivity contribution is 6.02. The Morgan fingerprint density at radius 3 is 2.70 bits per heavy atom. The Bertz CT molecular complexity index is 548. The van der Waals surface area contributed by atoms with Gasteiger partial charge in [-0.2, -0.15) is 15.4 Å². The van der Waals surface area contributed by atoms with Crippen LogP contribution in [0.5, 0.6) is 0 Å². The first-order chi connectivity index (χ1) is 9.74. The lowest BCUT2D eigenvalue weighted by molar-refractivity contribution is 0.102. The Hall–Kier alpha value is -2.21. The third kappa shape index (κ3) is 3.42. The summed E-state index contributed by atoms with van der Waals surface area (Å²) >= 11 is 0. The van der Waals surface area contributed by atoms with Crippen LogP contribution in [-0.2, 0) is 6.54 Å². The fourth-order valence-corrected chi connectivity index (χ4v) is 1.97. The number of amides is 1. The molecule has 0 aliphatic rings. The monoisotopic (exact) mass is 273 g/mol. The maximum Gasteiger partial charge on any atom is 0.277 e. The zero-order valence-electron chi connectivity index (χ0n) is 11.8. The van der Waals surface area contributed by atoms with Crippen molar-refractivity contribution in [3.63, 3.8) is 0 Å². The van der Waals surface area contributed by atoms with Crippen molar-refractivity contribution < 1.29 is 4.79 Å². The van der Waals surface area contributed by atoms with E-state index in [1.807, 2.05) is 24.3 Å². The van der Waals surface area contributed by atoms with Crippen LogP contribution >= 0.6 is 0 Å². The molecule has 1 heterocycles.